The third-order valence-corrected chi connectivity index (χ3v) is 3.11. The number of rotatable bonds is 1. The molecule has 0 heterocycles. The molecule has 0 aliphatic rings. The van der Waals surface area contributed by atoms with E-state index in [4.69, 9.17) is 16.7 Å². The highest BCUT2D eigenvalue weighted by Crippen LogP contribution is 2.38. The summed E-state index contributed by atoms with van der Waals surface area (Å²) >= 11 is 8.48. The number of benzene rings is 1. The van der Waals surface area contributed by atoms with Crippen LogP contribution in [0.15, 0.2) is 16.6 Å². The topological polar surface area (TPSA) is 20.2 Å². The lowest BCUT2D eigenvalue weighted by atomic mass is 10.1. The highest BCUT2D eigenvalue weighted by Gasteiger charge is 2.34. The van der Waals surface area contributed by atoms with Crippen LogP contribution in [0.5, 0.6) is 0 Å². The van der Waals surface area contributed by atoms with Gasteiger partial charge < -0.3 is 5.11 Å². The Morgan fingerprint density at radius 3 is 2.36 bits per heavy atom. The predicted octanol–water partition coefficient (Wildman–Crippen LogP) is 3.61. The maximum absolute atomic E-state index is 12.4. The molecule has 0 unspecified atom stereocenters. The fourth-order valence-corrected chi connectivity index (χ4v) is 1.66. The van der Waals surface area contributed by atoms with Crippen LogP contribution in [0.4, 0.5) is 13.2 Å². The summed E-state index contributed by atoms with van der Waals surface area (Å²) in [5.41, 5.74) is -1.12. The summed E-state index contributed by atoms with van der Waals surface area (Å²) in [6.07, 6.45) is -4.48. The van der Waals surface area contributed by atoms with Crippen LogP contribution in [0.2, 0.25) is 5.02 Å². The molecule has 0 spiro atoms. The van der Waals surface area contributed by atoms with Crippen molar-refractivity contribution in [3.05, 3.63) is 32.8 Å². The molecule has 78 valence electrons. The quantitative estimate of drug-likeness (QED) is 0.837. The summed E-state index contributed by atoms with van der Waals surface area (Å²) in [6, 6.07) is 1.98. The minimum atomic E-state index is -4.48. The van der Waals surface area contributed by atoms with Gasteiger partial charge in [-0.3, -0.25) is 0 Å². The van der Waals surface area contributed by atoms with E-state index in [1.54, 1.807) is 0 Å². The van der Waals surface area contributed by atoms with Gasteiger partial charge in [0.05, 0.1) is 17.2 Å². The van der Waals surface area contributed by atoms with Crippen LogP contribution in [0.3, 0.4) is 0 Å². The Morgan fingerprint density at radius 2 is 1.93 bits per heavy atom. The minimum Gasteiger partial charge on any atom is -0.392 e. The molecule has 1 aromatic carbocycles. The smallest absolute Gasteiger partial charge is 0.392 e. The van der Waals surface area contributed by atoms with Crippen molar-refractivity contribution in [2.75, 3.05) is 0 Å². The van der Waals surface area contributed by atoms with Gasteiger partial charge >= 0.3 is 6.18 Å². The third kappa shape index (κ3) is 2.21. The minimum absolute atomic E-state index is 0.0801. The summed E-state index contributed by atoms with van der Waals surface area (Å²) < 4.78 is 37.2. The van der Waals surface area contributed by atoms with E-state index in [9.17, 15) is 13.2 Å². The van der Waals surface area contributed by atoms with Crippen molar-refractivity contribution in [1.82, 2.24) is 0 Å². The third-order valence-electron chi connectivity index (χ3n) is 1.66. The van der Waals surface area contributed by atoms with E-state index in [-0.39, 0.29) is 15.1 Å². The number of halogens is 5. The molecule has 0 aliphatic heterocycles. The second kappa shape index (κ2) is 4.08. The molecule has 0 saturated carbocycles. The summed E-state index contributed by atoms with van der Waals surface area (Å²) in [7, 11) is 0. The van der Waals surface area contributed by atoms with E-state index in [2.05, 4.69) is 15.9 Å². The Bertz CT molecular complexity index is 351. The zero-order valence-electron chi connectivity index (χ0n) is 6.70. The fourth-order valence-electron chi connectivity index (χ4n) is 1.01. The van der Waals surface area contributed by atoms with Gasteiger partial charge in [-0.2, -0.15) is 13.2 Å². The molecule has 0 bridgehead atoms. The first-order chi connectivity index (χ1) is 6.38. The highest BCUT2D eigenvalue weighted by atomic mass is 79.9. The molecule has 0 amide bonds. The van der Waals surface area contributed by atoms with Gasteiger partial charge in [-0.05, 0) is 28.1 Å². The second-order valence-corrected chi connectivity index (χ2v) is 3.74. The number of alkyl halides is 3. The van der Waals surface area contributed by atoms with Gasteiger partial charge in [-0.1, -0.05) is 11.6 Å². The molecule has 1 aromatic rings. The van der Waals surface area contributed by atoms with Crippen LogP contribution in [0.1, 0.15) is 11.1 Å². The Morgan fingerprint density at radius 1 is 1.36 bits per heavy atom. The lowest BCUT2D eigenvalue weighted by Gasteiger charge is -2.13. The first-order valence-electron chi connectivity index (χ1n) is 3.53. The molecule has 1 rings (SSSR count). The van der Waals surface area contributed by atoms with Gasteiger partial charge in [-0.15, -0.1) is 0 Å². The van der Waals surface area contributed by atoms with Gasteiger partial charge in [0.15, 0.2) is 0 Å². The van der Waals surface area contributed by atoms with E-state index < -0.39 is 18.3 Å². The Kier molecular flexibility index (Phi) is 3.44. The average Bonchev–Trinajstić information content (AvgIpc) is 2.07. The number of aliphatic hydroxyl groups excluding tert-OH is 1. The lowest BCUT2D eigenvalue weighted by molar-refractivity contribution is -0.138. The van der Waals surface area contributed by atoms with Crippen molar-refractivity contribution in [1.29, 1.82) is 0 Å². The summed E-state index contributed by atoms with van der Waals surface area (Å²) in [5, 5.41) is 8.94. The van der Waals surface area contributed by atoms with Crippen LogP contribution in [0, 0.1) is 0 Å². The van der Waals surface area contributed by atoms with Crippen LogP contribution in [0.25, 0.3) is 0 Å². The number of hydrogen-bond acceptors (Lipinski definition) is 1. The normalized spacial score (nSPS) is 11.9. The van der Waals surface area contributed by atoms with Gasteiger partial charge in [0.25, 0.3) is 0 Å². The molecule has 14 heavy (non-hydrogen) atoms. The van der Waals surface area contributed by atoms with Crippen molar-refractivity contribution in [2.45, 2.75) is 12.8 Å². The molecule has 0 fully saturated rings. The molecule has 0 aliphatic carbocycles. The molecule has 0 aromatic heterocycles. The van der Waals surface area contributed by atoms with Crippen LogP contribution < -0.4 is 0 Å². The molecule has 1 nitrogen and oxygen atoms in total. The lowest BCUT2D eigenvalue weighted by Crippen LogP contribution is -2.09. The monoisotopic (exact) mass is 288 g/mol. The van der Waals surface area contributed by atoms with Crippen LogP contribution in [-0.2, 0) is 12.8 Å². The van der Waals surface area contributed by atoms with Crippen molar-refractivity contribution < 1.29 is 18.3 Å². The first kappa shape index (κ1) is 11.8. The summed E-state index contributed by atoms with van der Waals surface area (Å²) in [5.74, 6) is 0. The number of aliphatic hydroxyl groups is 1. The molecule has 0 atom stereocenters. The standard InChI is InChI=1S/C8H5BrClF3O/c9-7-4(3-14)5(8(11,12)13)1-2-6(7)10/h1-2,14H,3H2. The van der Waals surface area contributed by atoms with Gasteiger partial charge in [-0.25, -0.2) is 0 Å². The van der Waals surface area contributed by atoms with Crippen molar-refractivity contribution in [3.8, 4) is 0 Å². The molecule has 0 radical (unpaired) electrons. The largest absolute Gasteiger partial charge is 0.416 e. The maximum atomic E-state index is 12.4. The van der Waals surface area contributed by atoms with Gasteiger partial charge in [0.1, 0.15) is 0 Å². The average molecular weight is 289 g/mol. The van der Waals surface area contributed by atoms with Crippen LogP contribution >= 0.6 is 27.5 Å². The van der Waals surface area contributed by atoms with E-state index >= 15 is 0 Å². The van der Waals surface area contributed by atoms with Gasteiger partial charge in [0, 0.05) is 10.0 Å². The fraction of sp³-hybridized carbons (Fsp3) is 0.250. The van der Waals surface area contributed by atoms with Crippen LogP contribution in [-0.4, -0.2) is 5.11 Å². The van der Waals surface area contributed by atoms with Crippen molar-refractivity contribution in [2.24, 2.45) is 0 Å². The predicted molar refractivity (Wildman–Crippen MR) is 50.1 cm³/mol. The summed E-state index contributed by atoms with van der Waals surface area (Å²) in [6.45, 7) is -0.712. The van der Waals surface area contributed by atoms with Crippen molar-refractivity contribution in [3.63, 3.8) is 0 Å². The van der Waals surface area contributed by atoms with E-state index in [1.165, 1.54) is 0 Å². The molecular weight excluding hydrogens is 284 g/mol. The molecule has 6 heteroatoms. The Balaban J connectivity index is 3.39. The zero-order valence-corrected chi connectivity index (χ0v) is 9.04. The van der Waals surface area contributed by atoms with E-state index in [0.717, 1.165) is 12.1 Å². The Hall–Kier alpha value is -0.260. The zero-order chi connectivity index (χ0) is 10.9. The van der Waals surface area contributed by atoms with E-state index in [0.29, 0.717) is 0 Å². The van der Waals surface area contributed by atoms with Crippen molar-refractivity contribution >= 4 is 27.5 Å². The maximum Gasteiger partial charge on any atom is 0.416 e. The summed E-state index contributed by atoms with van der Waals surface area (Å²) in [4.78, 5) is 0. The molecule has 0 saturated heterocycles. The highest BCUT2D eigenvalue weighted by molar-refractivity contribution is 9.10. The molecular formula is C8H5BrClF3O. The second-order valence-electron chi connectivity index (χ2n) is 2.54. The SMILES string of the molecule is OCc1c(C(F)(F)F)ccc(Cl)c1Br. The molecule has 1 N–H and O–H groups in total. The number of hydrogen-bond donors (Lipinski definition) is 1. The first-order valence-corrected chi connectivity index (χ1v) is 4.70. The van der Waals surface area contributed by atoms with E-state index in [1.807, 2.05) is 0 Å². The van der Waals surface area contributed by atoms with Gasteiger partial charge in [0.2, 0.25) is 0 Å². The Labute approximate surface area is 91.6 Å².